The van der Waals surface area contributed by atoms with Crippen molar-refractivity contribution in [2.24, 2.45) is 0 Å². The van der Waals surface area contributed by atoms with Gasteiger partial charge in [0.2, 0.25) is 5.91 Å². The number of aliphatic hydroxyl groups excluding tert-OH is 5. The van der Waals surface area contributed by atoms with E-state index in [9.17, 15) is 35.1 Å². The minimum atomic E-state index is -1.58. The number of ether oxygens (including phenoxy) is 3. The zero-order chi connectivity index (χ0) is 48.1. The van der Waals surface area contributed by atoms with Crippen LogP contribution >= 0.6 is 0 Å². The zero-order valence-corrected chi connectivity index (χ0v) is 42.2. The Balaban J connectivity index is 2.11. The second-order valence-corrected chi connectivity index (χ2v) is 18.9. The Morgan fingerprint density at radius 3 is 1.53 bits per heavy atom. The van der Waals surface area contributed by atoms with Crippen molar-refractivity contribution in [3.05, 3.63) is 36.5 Å². The van der Waals surface area contributed by atoms with E-state index in [1.54, 1.807) is 6.08 Å². The Hall–Kier alpha value is -2.12. The molecule has 6 N–H and O–H groups in total. The molecule has 0 spiro atoms. The molecule has 1 heterocycles. The molecule has 11 heteroatoms. The molecule has 0 radical (unpaired) electrons. The van der Waals surface area contributed by atoms with E-state index in [4.69, 9.17) is 14.2 Å². The summed E-state index contributed by atoms with van der Waals surface area (Å²) in [4.78, 5) is 25.0. The van der Waals surface area contributed by atoms with Gasteiger partial charge in [0.05, 0.1) is 32.0 Å². The van der Waals surface area contributed by atoms with Crippen LogP contribution in [0.2, 0.25) is 0 Å². The lowest BCUT2D eigenvalue weighted by molar-refractivity contribution is -0.302. The summed E-state index contributed by atoms with van der Waals surface area (Å²) in [5.74, 6) is -0.265. The summed E-state index contributed by atoms with van der Waals surface area (Å²) < 4.78 is 16.6. The highest BCUT2D eigenvalue weighted by Gasteiger charge is 2.44. The standard InChI is InChI=1S/C55H101NO10/c1-3-5-7-9-11-13-14-15-16-17-18-19-23-27-31-35-39-43-51(60)64-44-40-36-32-28-24-21-20-22-26-30-34-38-42-50(59)56-47(48(58)41-37-33-29-25-12-10-8-6-4-2)46-65-55-54(63)53(62)52(61)49(45-57)66-55/h12,21,24-25,37,41,47-49,52-55,57-58,61-63H,3-11,13-20,22-23,26-36,38-40,42-46H2,1-2H3,(H,56,59)/b24-21-,25-12+,41-37+. The van der Waals surface area contributed by atoms with E-state index in [1.165, 1.54) is 116 Å². The predicted octanol–water partition coefficient (Wildman–Crippen LogP) is 11.6. The van der Waals surface area contributed by atoms with Crippen molar-refractivity contribution in [3.8, 4) is 0 Å². The monoisotopic (exact) mass is 936 g/mol. The molecule has 66 heavy (non-hydrogen) atoms. The number of allylic oxidation sites excluding steroid dienone is 5. The van der Waals surface area contributed by atoms with Crippen LogP contribution in [0.5, 0.6) is 0 Å². The lowest BCUT2D eigenvalue weighted by Crippen LogP contribution is -2.60. The lowest BCUT2D eigenvalue weighted by Gasteiger charge is -2.40. The Morgan fingerprint density at radius 1 is 0.545 bits per heavy atom. The minimum Gasteiger partial charge on any atom is -0.466 e. The molecular formula is C55H101NO10. The van der Waals surface area contributed by atoms with Crippen LogP contribution in [0.25, 0.3) is 0 Å². The first kappa shape index (κ1) is 61.9. The fraction of sp³-hybridized carbons (Fsp3) is 0.855. The first-order valence-corrected chi connectivity index (χ1v) is 27.3. The third-order valence-electron chi connectivity index (χ3n) is 12.7. The van der Waals surface area contributed by atoms with E-state index >= 15 is 0 Å². The summed E-state index contributed by atoms with van der Waals surface area (Å²) in [5.41, 5.74) is 0. The van der Waals surface area contributed by atoms with Crippen molar-refractivity contribution >= 4 is 11.9 Å². The highest BCUT2D eigenvalue weighted by molar-refractivity contribution is 5.76. The molecule has 0 bridgehead atoms. The van der Waals surface area contributed by atoms with Gasteiger partial charge in [0.15, 0.2) is 6.29 Å². The maximum atomic E-state index is 12.9. The number of aliphatic hydroxyl groups is 5. The molecule has 1 amide bonds. The largest absolute Gasteiger partial charge is 0.466 e. The van der Waals surface area contributed by atoms with E-state index in [0.717, 1.165) is 89.9 Å². The highest BCUT2D eigenvalue weighted by Crippen LogP contribution is 2.23. The quantitative estimate of drug-likeness (QED) is 0.0196. The number of amides is 1. The summed E-state index contributed by atoms with van der Waals surface area (Å²) in [6, 6.07) is -0.844. The molecular weight excluding hydrogens is 835 g/mol. The van der Waals surface area contributed by atoms with Gasteiger partial charge in [-0.2, -0.15) is 0 Å². The van der Waals surface area contributed by atoms with E-state index in [1.807, 2.05) is 6.08 Å². The number of nitrogens with one attached hydrogen (secondary N) is 1. The molecule has 7 unspecified atom stereocenters. The molecule has 1 saturated heterocycles. The average Bonchev–Trinajstić information content (AvgIpc) is 3.31. The Bertz CT molecular complexity index is 1190. The van der Waals surface area contributed by atoms with Crippen molar-refractivity contribution in [3.63, 3.8) is 0 Å². The molecule has 7 atom stereocenters. The third kappa shape index (κ3) is 35.1. The summed E-state index contributed by atoms with van der Waals surface area (Å²) in [5, 5.41) is 54.0. The molecule has 11 nitrogen and oxygen atoms in total. The van der Waals surface area contributed by atoms with Crippen LogP contribution in [0.4, 0.5) is 0 Å². The molecule has 0 aromatic heterocycles. The number of unbranched alkanes of at least 4 members (excludes halogenated alkanes) is 28. The second kappa shape index (κ2) is 45.3. The van der Waals surface area contributed by atoms with Gasteiger partial charge in [-0.25, -0.2) is 0 Å². The van der Waals surface area contributed by atoms with Gasteiger partial charge in [-0.1, -0.05) is 185 Å². The zero-order valence-electron chi connectivity index (χ0n) is 42.2. The van der Waals surface area contributed by atoms with E-state index in [0.29, 0.717) is 25.9 Å². The molecule has 0 aromatic rings. The fourth-order valence-corrected chi connectivity index (χ4v) is 8.33. The minimum absolute atomic E-state index is 0.0448. The first-order chi connectivity index (χ1) is 32.2. The van der Waals surface area contributed by atoms with Crippen molar-refractivity contribution in [2.45, 2.75) is 281 Å². The summed E-state index contributed by atoms with van der Waals surface area (Å²) >= 11 is 0. The highest BCUT2D eigenvalue weighted by atomic mass is 16.7. The molecule has 0 aliphatic carbocycles. The van der Waals surface area contributed by atoms with Crippen molar-refractivity contribution in [1.29, 1.82) is 0 Å². The third-order valence-corrected chi connectivity index (χ3v) is 12.7. The van der Waals surface area contributed by atoms with Crippen LogP contribution in [0, 0.1) is 0 Å². The van der Waals surface area contributed by atoms with E-state index < -0.39 is 49.5 Å². The molecule has 1 fully saturated rings. The van der Waals surface area contributed by atoms with Gasteiger partial charge in [-0.05, 0) is 77.0 Å². The Morgan fingerprint density at radius 2 is 0.985 bits per heavy atom. The predicted molar refractivity (Wildman–Crippen MR) is 269 cm³/mol. The van der Waals surface area contributed by atoms with Gasteiger partial charge in [-0.15, -0.1) is 0 Å². The van der Waals surface area contributed by atoms with Gasteiger partial charge in [0.25, 0.3) is 0 Å². The smallest absolute Gasteiger partial charge is 0.305 e. The second-order valence-electron chi connectivity index (χ2n) is 18.9. The Labute approximate surface area is 403 Å². The normalized spacial score (nSPS) is 19.9. The average molecular weight is 936 g/mol. The van der Waals surface area contributed by atoms with Gasteiger partial charge in [-0.3, -0.25) is 9.59 Å². The maximum absolute atomic E-state index is 12.9. The number of hydrogen-bond acceptors (Lipinski definition) is 10. The Kier molecular flexibility index (Phi) is 42.5. The van der Waals surface area contributed by atoms with Crippen LogP contribution in [-0.4, -0.2) is 100 Å². The number of hydrogen-bond donors (Lipinski definition) is 6. The summed E-state index contributed by atoms with van der Waals surface area (Å²) in [6.07, 6.45) is 43.9. The number of carbonyl (C=O) groups is 2. The SMILES string of the molecule is CCCCC/C=C/CC/C=C/C(O)C(COC1OC(CO)C(O)C(O)C1O)NC(=O)CCCCCCC/C=C\CCCCCOC(=O)CCCCCCCCCCCCCCCCCCC. The topological polar surface area (TPSA) is 175 Å². The van der Waals surface area contributed by atoms with Gasteiger partial charge in [0, 0.05) is 12.8 Å². The lowest BCUT2D eigenvalue weighted by atomic mass is 9.99. The van der Waals surface area contributed by atoms with Crippen molar-refractivity contribution in [2.75, 3.05) is 19.8 Å². The fourth-order valence-electron chi connectivity index (χ4n) is 8.33. The van der Waals surface area contributed by atoms with Crippen molar-refractivity contribution < 1.29 is 49.3 Å². The first-order valence-electron chi connectivity index (χ1n) is 27.3. The summed E-state index contributed by atoms with van der Waals surface area (Å²) in [7, 11) is 0. The number of carbonyl (C=O) groups excluding carboxylic acids is 2. The van der Waals surface area contributed by atoms with Crippen LogP contribution in [0.1, 0.15) is 239 Å². The summed E-state index contributed by atoms with van der Waals surface area (Å²) in [6.45, 7) is 4.19. The molecule has 0 saturated carbocycles. The van der Waals surface area contributed by atoms with Crippen LogP contribution < -0.4 is 5.32 Å². The molecule has 1 aliphatic rings. The van der Waals surface area contributed by atoms with E-state index in [-0.39, 0.29) is 18.5 Å². The molecule has 0 aromatic carbocycles. The molecule has 1 rings (SSSR count). The maximum Gasteiger partial charge on any atom is 0.305 e. The van der Waals surface area contributed by atoms with Gasteiger partial charge < -0.3 is 45.1 Å². The number of rotatable bonds is 46. The number of esters is 1. The van der Waals surface area contributed by atoms with Crippen molar-refractivity contribution in [1.82, 2.24) is 5.32 Å². The van der Waals surface area contributed by atoms with Gasteiger partial charge in [0.1, 0.15) is 24.4 Å². The van der Waals surface area contributed by atoms with Crippen LogP contribution in [0.3, 0.4) is 0 Å². The molecule has 386 valence electrons. The van der Waals surface area contributed by atoms with Crippen LogP contribution in [0.15, 0.2) is 36.5 Å². The van der Waals surface area contributed by atoms with E-state index in [2.05, 4.69) is 43.5 Å². The van der Waals surface area contributed by atoms with Crippen LogP contribution in [-0.2, 0) is 23.8 Å². The van der Waals surface area contributed by atoms with Gasteiger partial charge >= 0.3 is 5.97 Å². The molecule has 1 aliphatic heterocycles.